The summed E-state index contributed by atoms with van der Waals surface area (Å²) in [7, 11) is 1.77. The smallest absolute Gasteiger partial charge is 0.135 e. The molecule has 2 rings (SSSR count). The Morgan fingerprint density at radius 2 is 2.29 bits per heavy atom. The van der Waals surface area contributed by atoms with Crippen molar-refractivity contribution in [2.24, 2.45) is 12.8 Å². The molecule has 0 fully saturated rings. The summed E-state index contributed by atoms with van der Waals surface area (Å²) in [6, 6.07) is 3.24. The zero-order valence-electron chi connectivity index (χ0n) is 7.59. The second kappa shape index (κ2) is 3.33. The first kappa shape index (κ1) is 9.61. The fourth-order valence-electron chi connectivity index (χ4n) is 1.53. The summed E-state index contributed by atoms with van der Waals surface area (Å²) >= 11 is 3.24. The lowest BCUT2D eigenvalue weighted by molar-refractivity contribution is 0.638. The molecule has 14 heavy (non-hydrogen) atoms. The molecule has 0 saturated carbocycles. The van der Waals surface area contributed by atoms with Crippen LogP contribution in [-0.4, -0.2) is 9.78 Å². The van der Waals surface area contributed by atoms with E-state index < -0.39 is 0 Å². The molecule has 0 saturated heterocycles. The van der Waals surface area contributed by atoms with Crippen LogP contribution in [0.4, 0.5) is 4.39 Å². The van der Waals surface area contributed by atoms with Crippen molar-refractivity contribution in [1.29, 1.82) is 0 Å². The van der Waals surface area contributed by atoms with Crippen molar-refractivity contribution in [3.05, 3.63) is 28.1 Å². The molecule has 0 aliphatic heterocycles. The van der Waals surface area contributed by atoms with Gasteiger partial charge in [0.05, 0.1) is 16.6 Å². The normalized spacial score (nSPS) is 11.1. The second-order valence-electron chi connectivity index (χ2n) is 3.06. The first-order valence-corrected chi connectivity index (χ1v) is 4.93. The summed E-state index contributed by atoms with van der Waals surface area (Å²) in [6.45, 7) is 0.246. The van der Waals surface area contributed by atoms with E-state index in [1.54, 1.807) is 11.7 Å². The predicted octanol–water partition coefficient (Wildman–Crippen LogP) is 1.93. The van der Waals surface area contributed by atoms with E-state index in [0.29, 0.717) is 15.6 Å². The quantitative estimate of drug-likeness (QED) is 0.849. The summed E-state index contributed by atoms with van der Waals surface area (Å²) in [6.07, 6.45) is 0. The molecule has 0 unspecified atom stereocenters. The molecule has 74 valence electrons. The molecule has 1 aromatic carbocycles. The highest BCUT2D eigenvalue weighted by atomic mass is 79.9. The molecule has 0 amide bonds. The van der Waals surface area contributed by atoms with Gasteiger partial charge in [-0.3, -0.25) is 4.68 Å². The van der Waals surface area contributed by atoms with E-state index in [4.69, 9.17) is 5.73 Å². The van der Waals surface area contributed by atoms with E-state index in [1.807, 2.05) is 6.07 Å². The third-order valence-corrected chi connectivity index (χ3v) is 2.59. The first-order chi connectivity index (χ1) is 6.63. The molecule has 0 spiro atoms. The summed E-state index contributed by atoms with van der Waals surface area (Å²) in [5.41, 5.74) is 6.82. The number of nitrogens with two attached hydrogens (primary N) is 1. The molecule has 2 N–H and O–H groups in total. The summed E-state index contributed by atoms with van der Waals surface area (Å²) in [5.74, 6) is -0.289. The predicted molar refractivity (Wildman–Crippen MR) is 56.3 cm³/mol. The number of halogens is 2. The summed E-state index contributed by atoms with van der Waals surface area (Å²) in [5, 5.41) is 4.65. The fourth-order valence-corrected chi connectivity index (χ4v) is 1.95. The number of benzene rings is 1. The van der Waals surface area contributed by atoms with Gasteiger partial charge in [-0.25, -0.2) is 4.39 Å². The van der Waals surface area contributed by atoms with Crippen molar-refractivity contribution >= 4 is 26.8 Å². The van der Waals surface area contributed by atoms with Gasteiger partial charge in [-0.1, -0.05) is 15.9 Å². The van der Waals surface area contributed by atoms with E-state index >= 15 is 0 Å². The standard InChI is InChI=1S/C9H9BrFN3/c1-14-8-3-5(10)2-6(11)9(8)7(4-12)13-14/h2-3H,4,12H2,1H3. The molecule has 2 aromatic rings. The van der Waals surface area contributed by atoms with Gasteiger partial charge in [0.1, 0.15) is 5.82 Å². The van der Waals surface area contributed by atoms with E-state index in [9.17, 15) is 4.39 Å². The molecule has 3 nitrogen and oxygen atoms in total. The van der Waals surface area contributed by atoms with Crippen LogP contribution in [0, 0.1) is 5.82 Å². The largest absolute Gasteiger partial charge is 0.325 e. The lowest BCUT2D eigenvalue weighted by atomic mass is 10.2. The Kier molecular flexibility index (Phi) is 2.28. The van der Waals surface area contributed by atoms with E-state index in [0.717, 1.165) is 5.52 Å². The summed E-state index contributed by atoms with van der Waals surface area (Å²) < 4.78 is 15.9. The van der Waals surface area contributed by atoms with Gasteiger partial charge in [0, 0.05) is 18.1 Å². The van der Waals surface area contributed by atoms with Crippen molar-refractivity contribution in [1.82, 2.24) is 9.78 Å². The van der Waals surface area contributed by atoms with Gasteiger partial charge in [0.15, 0.2) is 0 Å². The van der Waals surface area contributed by atoms with Crippen LogP contribution in [0.2, 0.25) is 0 Å². The first-order valence-electron chi connectivity index (χ1n) is 4.14. The third-order valence-electron chi connectivity index (χ3n) is 2.14. The van der Waals surface area contributed by atoms with Crippen LogP contribution >= 0.6 is 15.9 Å². The van der Waals surface area contributed by atoms with E-state index in [2.05, 4.69) is 21.0 Å². The van der Waals surface area contributed by atoms with Crippen LogP contribution in [0.25, 0.3) is 10.9 Å². The fraction of sp³-hybridized carbons (Fsp3) is 0.222. The Hall–Kier alpha value is -0.940. The van der Waals surface area contributed by atoms with Crippen LogP contribution in [0.5, 0.6) is 0 Å². The van der Waals surface area contributed by atoms with Crippen LogP contribution in [-0.2, 0) is 13.6 Å². The van der Waals surface area contributed by atoms with Gasteiger partial charge >= 0.3 is 0 Å². The number of rotatable bonds is 1. The Labute approximate surface area is 88.8 Å². The van der Waals surface area contributed by atoms with Crippen LogP contribution in [0.3, 0.4) is 0 Å². The van der Waals surface area contributed by atoms with Crippen LogP contribution in [0.1, 0.15) is 5.69 Å². The number of aryl methyl sites for hydroxylation is 1. The van der Waals surface area contributed by atoms with Crippen molar-refractivity contribution < 1.29 is 4.39 Å². The molecule has 1 heterocycles. The molecule has 0 radical (unpaired) electrons. The van der Waals surface area contributed by atoms with Crippen molar-refractivity contribution in [2.45, 2.75) is 6.54 Å². The lowest BCUT2D eigenvalue weighted by Crippen LogP contribution is -1.99. The van der Waals surface area contributed by atoms with Crippen molar-refractivity contribution in [3.63, 3.8) is 0 Å². The van der Waals surface area contributed by atoms with Gasteiger partial charge in [0.2, 0.25) is 0 Å². The van der Waals surface area contributed by atoms with Crippen molar-refractivity contribution in [3.8, 4) is 0 Å². The Balaban J connectivity index is 2.89. The highest BCUT2D eigenvalue weighted by Gasteiger charge is 2.12. The zero-order valence-corrected chi connectivity index (χ0v) is 9.18. The van der Waals surface area contributed by atoms with Gasteiger partial charge < -0.3 is 5.73 Å². The number of hydrogen-bond acceptors (Lipinski definition) is 2. The lowest BCUT2D eigenvalue weighted by Gasteiger charge is -1.97. The van der Waals surface area contributed by atoms with Gasteiger partial charge in [0.25, 0.3) is 0 Å². The zero-order chi connectivity index (χ0) is 10.3. The average molecular weight is 258 g/mol. The van der Waals surface area contributed by atoms with E-state index in [-0.39, 0.29) is 12.4 Å². The minimum atomic E-state index is -0.289. The topological polar surface area (TPSA) is 43.8 Å². The molecule has 0 aliphatic rings. The van der Waals surface area contributed by atoms with Crippen LogP contribution in [0.15, 0.2) is 16.6 Å². The maximum Gasteiger partial charge on any atom is 0.135 e. The number of hydrogen-bond donors (Lipinski definition) is 1. The van der Waals surface area contributed by atoms with Gasteiger partial charge in [-0.15, -0.1) is 0 Å². The second-order valence-corrected chi connectivity index (χ2v) is 3.97. The highest BCUT2D eigenvalue weighted by molar-refractivity contribution is 9.10. The molecule has 0 bridgehead atoms. The molecule has 1 aromatic heterocycles. The number of nitrogens with zero attached hydrogens (tertiary/aromatic N) is 2. The number of aromatic nitrogens is 2. The molecule has 5 heteroatoms. The average Bonchev–Trinajstić information content (AvgIpc) is 2.43. The Morgan fingerprint density at radius 1 is 1.57 bits per heavy atom. The number of fused-ring (bicyclic) bond motifs is 1. The Bertz CT molecular complexity index is 492. The monoisotopic (exact) mass is 257 g/mol. The highest BCUT2D eigenvalue weighted by Crippen LogP contribution is 2.25. The van der Waals surface area contributed by atoms with E-state index in [1.165, 1.54) is 6.07 Å². The minimum absolute atomic E-state index is 0.246. The molecular weight excluding hydrogens is 249 g/mol. The molecule has 0 atom stereocenters. The maximum absolute atomic E-state index is 13.6. The minimum Gasteiger partial charge on any atom is -0.325 e. The van der Waals surface area contributed by atoms with Crippen LogP contribution < -0.4 is 5.73 Å². The molecule has 0 aliphatic carbocycles. The van der Waals surface area contributed by atoms with Crippen molar-refractivity contribution in [2.75, 3.05) is 0 Å². The van der Waals surface area contributed by atoms with Gasteiger partial charge in [-0.05, 0) is 12.1 Å². The Morgan fingerprint density at radius 3 is 2.93 bits per heavy atom. The maximum atomic E-state index is 13.6. The molecular formula is C9H9BrFN3. The summed E-state index contributed by atoms with van der Waals surface area (Å²) in [4.78, 5) is 0. The SMILES string of the molecule is Cn1nc(CN)c2c(F)cc(Br)cc21. The third kappa shape index (κ3) is 1.33. The van der Waals surface area contributed by atoms with Gasteiger partial charge in [-0.2, -0.15) is 5.10 Å².